The number of hydrogen-bond acceptors (Lipinski definition) is 6. The van der Waals surface area contributed by atoms with Gasteiger partial charge in [0.25, 0.3) is 5.91 Å². The van der Waals surface area contributed by atoms with Crippen LogP contribution in [-0.4, -0.2) is 51.5 Å². The Morgan fingerprint density at radius 2 is 2.16 bits per heavy atom. The quantitative estimate of drug-likeness (QED) is 0.683. The fraction of sp³-hybridized carbons (Fsp3) is 0.478. The molecule has 2 fully saturated rings. The molecular weight excluding hydrogens is 392 g/mol. The van der Waals surface area contributed by atoms with E-state index in [1.165, 1.54) is 0 Å². The summed E-state index contributed by atoms with van der Waals surface area (Å²) < 4.78 is 7.37. The molecule has 1 saturated heterocycles. The molecule has 1 aliphatic heterocycles. The van der Waals surface area contributed by atoms with E-state index in [4.69, 9.17) is 9.72 Å². The lowest BCUT2D eigenvalue weighted by molar-refractivity contribution is 0.0529. The van der Waals surface area contributed by atoms with Gasteiger partial charge >= 0.3 is 0 Å². The van der Waals surface area contributed by atoms with Crippen LogP contribution >= 0.6 is 0 Å². The Morgan fingerprint density at radius 3 is 2.87 bits per heavy atom. The molecule has 8 nitrogen and oxygen atoms in total. The van der Waals surface area contributed by atoms with E-state index in [0.29, 0.717) is 18.0 Å². The van der Waals surface area contributed by atoms with Crippen LogP contribution in [0.5, 0.6) is 0 Å². The topological polar surface area (TPSA) is 85.2 Å². The summed E-state index contributed by atoms with van der Waals surface area (Å²) in [7, 11) is 1.88. The van der Waals surface area contributed by atoms with Gasteiger partial charge in [-0.25, -0.2) is 9.97 Å². The van der Waals surface area contributed by atoms with E-state index in [-0.39, 0.29) is 12.0 Å². The van der Waals surface area contributed by atoms with Crippen molar-refractivity contribution in [2.24, 2.45) is 7.05 Å². The number of morpholine rings is 1. The molecule has 31 heavy (non-hydrogen) atoms. The van der Waals surface area contributed by atoms with Crippen molar-refractivity contribution in [3.05, 3.63) is 46.9 Å². The van der Waals surface area contributed by atoms with Gasteiger partial charge in [0.15, 0.2) is 5.65 Å². The smallest absolute Gasteiger partial charge is 0.252 e. The largest absolute Gasteiger partial charge is 0.375 e. The molecule has 1 atom stereocenters. The van der Waals surface area contributed by atoms with Crippen molar-refractivity contribution < 1.29 is 9.53 Å². The molecule has 3 aromatic heterocycles. The Bertz CT molecular complexity index is 1120. The summed E-state index contributed by atoms with van der Waals surface area (Å²) in [5.74, 6) is 1.31. The number of carbonyl (C=O) groups is 1. The molecule has 0 spiro atoms. The van der Waals surface area contributed by atoms with Gasteiger partial charge < -0.3 is 15.0 Å². The summed E-state index contributed by atoms with van der Waals surface area (Å²) in [6.45, 7) is 6.83. The molecule has 0 bridgehead atoms. The molecule has 1 amide bonds. The summed E-state index contributed by atoms with van der Waals surface area (Å²) in [5.41, 5.74) is 4.21. The SMILES string of the molecule is Cc1nn(C)c2nc(C3CC3)cc(C(=O)NCc3ccc(N4CCOC(C)C4)nc3)c12. The van der Waals surface area contributed by atoms with Gasteiger partial charge in [0.1, 0.15) is 5.82 Å². The van der Waals surface area contributed by atoms with Crippen molar-refractivity contribution >= 4 is 22.8 Å². The van der Waals surface area contributed by atoms with Crippen LogP contribution in [0.2, 0.25) is 0 Å². The standard InChI is InChI=1S/C23H28N6O2/c1-14-13-29(8-9-31-14)20-7-4-16(11-24-20)12-25-23(30)18-10-19(17-5-6-17)26-22-21(18)15(2)27-28(22)3/h4,7,10-11,14,17H,5-6,8-9,12-13H2,1-3H3,(H,25,30). The summed E-state index contributed by atoms with van der Waals surface area (Å²) in [6, 6.07) is 5.99. The Labute approximate surface area is 181 Å². The highest BCUT2D eigenvalue weighted by Gasteiger charge is 2.28. The summed E-state index contributed by atoms with van der Waals surface area (Å²) in [4.78, 5) is 24.7. The normalized spacial score (nSPS) is 19.1. The molecule has 2 aliphatic rings. The van der Waals surface area contributed by atoms with Gasteiger partial charge in [-0.1, -0.05) is 6.07 Å². The van der Waals surface area contributed by atoms with Crippen LogP contribution < -0.4 is 10.2 Å². The van der Waals surface area contributed by atoms with Crippen molar-refractivity contribution in [2.75, 3.05) is 24.6 Å². The van der Waals surface area contributed by atoms with E-state index in [2.05, 4.69) is 27.2 Å². The second-order valence-electron chi connectivity index (χ2n) is 8.61. The number of nitrogens with one attached hydrogen (secondary N) is 1. The van der Waals surface area contributed by atoms with Crippen LogP contribution in [-0.2, 0) is 18.3 Å². The lowest BCUT2D eigenvalue weighted by atomic mass is 10.1. The number of pyridine rings is 2. The van der Waals surface area contributed by atoms with Gasteiger partial charge in [-0.2, -0.15) is 5.10 Å². The summed E-state index contributed by atoms with van der Waals surface area (Å²) >= 11 is 0. The first-order chi connectivity index (χ1) is 15.0. The minimum absolute atomic E-state index is 0.100. The predicted molar refractivity (Wildman–Crippen MR) is 118 cm³/mol. The first kappa shape index (κ1) is 19.9. The van der Waals surface area contributed by atoms with Gasteiger partial charge in [-0.05, 0) is 44.4 Å². The fourth-order valence-electron chi connectivity index (χ4n) is 4.24. The van der Waals surface area contributed by atoms with Gasteiger partial charge in [0, 0.05) is 44.5 Å². The fourth-order valence-corrected chi connectivity index (χ4v) is 4.24. The maximum Gasteiger partial charge on any atom is 0.252 e. The zero-order valence-electron chi connectivity index (χ0n) is 18.3. The maximum atomic E-state index is 13.1. The molecule has 5 rings (SSSR count). The second-order valence-corrected chi connectivity index (χ2v) is 8.61. The number of rotatable bonds is 5. The molecule has 0 aromatic carbocycles. The molecule has 162 valence electrons. The molecule has 0 radical (unpaired) electrons. The highest BCUT2D eigenvalue weighted by molar-refractivity contribution is 6.06. The first-order valence-corrected chi connectivity index (χ1v) is 10.9. The maximum absolute atomic E-state index is 13.1. The highest BCUT2D eigenvalue weighted by Crippen LogP contribution is 2.40. The number of ether oxygens (including phenoxy) is 1. The van der Waals surface area contributed by atoms with E-state index in [1.54, 1.807) is 4.68 Å². The Hall–Kier alpha value is -3.00. The average Bonchev–Trinajstić information content (AvgIpc) is 3.58. The predicted octanol–water partition coefficient (Wildman–Crippen LogP) is 2.70. The molecule has 1 unspecified atom stereocenters. The molecule has 1 N–H and O–H groups in total. The van der Waals surface area contributed by atoms with Crippen molar-refractivity contribution in [3.8, 4) is 0 Å². The summed E-state index contributed by atoms with van der Waals surface area (Å²) in [5, 5.41) is 8.37. The Balaban J connectivity index is 1.32. The third-order valence-electron chi connectivity index (χ3n) is 6.06. The summed E-state index contributed by atoms with van der Waals surface area (Å²) in [6.07, 6.45) is 4.32. The lowest BCUT2D eigenvalue weighted by Crippen LogP contribution is -2.41. The molecule has 1 aliphatic carbocycles. The number of anilines is 1. The molecule has 1 saturated carbocycles. The number of fused-ring (bicyclic) bond motifs is 1. The van der Waals surface area contributed by atoms with Crippen LogP contribution in [0.25, 0.3) is 11.0 Å². The van der Waals surface area contributed by atoms with Crippen LogP contribution in [0.4, 0.5) is 5.82 Å². The average molecular weight is 421 g/mol. The molecular formula is C23H28N6O2. The zero-order valence-corrected chi connectivity index (χ0v) is 18.3. The Kier molecular flexibility index (Phi) is 5.09. The van der Waals surface area contributed by atoms with E-state index < -0.39 is 0 Å². The minimum atomic E-state index is -0.100. The van der Waals surface area contributed by atoms with Gasteiger partial charge in [-0.3, -0.25) is 9.48 Å². The van der Waals surface area contributed by atoms with Gasteiger partial charge in [0.2, 0.25) is 0 Å². The highest BCUT2D eigenvalue weighted by atomic mass is 16.5. The monoisotopic (exact) mass is 420 g/mol. The van der Waals surface area contributed by atoms with Crippen molar-refractivity contribution in [1.29, 1.82) is 0 Å². The molecule has 4 heterocycles. The van der Waals surface area contributed by atoms with Crippen LogP contribution in [0, 0.1) is 6.92 Å². The number of nitrogens with zero attached hydrogens (tertiary/aromatic N) is 5. The van der Waals surface area contributed by atoms with Gasteiger partial charge in [0.05, 0.1) is 29.4 Å². The van der Waals surface area contributed by atoms with E-state index >= 15 is 0 Å². The van der Waals surface area contributed by atoms with Crippen molar-refractivity contribution in [1.82, 2.24) is 25.1 Å². The number of aryl methyl sites for hydroxylation is 2. The van der Waals surface area contributed by atoms with E-state index in [0.717, 1.165) is 66.3 Å². The lowest BCUT2D eigenvalue weighted by Gasteiger charge is -2.32. The van der Waals surface area contributed by atoms with Crippen molar-refractivity contribution in [3.63, 3.8) is 0 Å². The van der Waals surface area contributed by atoms with Gasteiger partial charge in [-0.15, -0.1) is 0 Å². The van der Waals surface area contributed by atoms with Crippen LogP contribution in [0.15, 0.2) is 24.4 Å². The minimum Gasteiger partial charge on any atom is -0.375 e. The van der Waals surface area contributed by atoms with Crippen LogP contribution in [0.1, 0.15) is 53.0 Å². The zero-order chi connectivity index (χ0) is 21.5. The number of hydrogen-bond donors (Lipinski definition) is 1. The molecule has 8 heteroatoms. The number of aromatic nitrogens is 4. The van der Waals surface area contributed by atoms with E-state index in [9.17, 15) is 4.79 Å². The van der Waals surface area contributed by atoms with E-state index in [1.807, 2.05) is 38.4 Å². The molecule has 3 aromatic rings. The number of carbonyl (C=O) groups excluding carboxylic acids is 1. The van der Waals surface area contributed by atoms with Crippen LogP contribution in [0.3, 0.4) is 0 Å². The Morgan fingerprint density at radius 1 is 1.32 bits per heavy atom. The first-order valence-electron chi connectivity index (χ1n) is 10.9. The second kappa shape index (κ2) is 7.92. The third kappa shape index (κ3) is 3.99. The third-order valence-corrected chi connectivity index (χ3v) is 6.06. The van der Waals surface area contributed by atoms with Crippen molar-refractivity contribution in [2.45, 2.75) is 45.3 Å². The number of amides is 1.